The molecule has 0 unspecified atom stereocenters. The van der Waals surface area contributed by atoms with Gasteiger partial charge in [0, 0.05) is 6.54 Å². The maximum Gasteiger partial charge on any atom is 0.199 e. The lowest BCUT2D eigenvalue weighted by Gasteiger charge is -2.15. The second-order valence-corrected chi connectivity index (χ2v) is 8.53. The first-order valence-electron chi connectivity index (χ1n) is 8.66. The normalized spacial score (nSPS) is 11.3. The SMILES string of the molecule is CN(Cc1ccsc1)Cn1nc(-c2cccs2)n(Cc2ccccc2)c1=S. The van der Waals surface area contributed by atoms with Gasteiger partial charge in [-0.3, -0.25) is 9.47 Å². The van der Waals surface area contributed by atoms with Gasteiger partial charge in [-0.15, -0.1) is 16.4 Å². The molecule has 4 rings (SSSR count). The summed E-state index contributed by atoms with van der Waals surface area (Å²) in [6.07, 6.45) is 0. The quantitative estimate of drug-likeness (QED) is 0.383. The molecule has 3 heterocycles. The standard InChI is InChI=1S/C20H20N4S3/c1-22(12-17-9-11-26-14-17)15-24-20(25)23(13-16-6-3-2-4-7-16)19(21-24)18-8-5-10-27-18/h2-11,14H,12-13,15H2,1H3. The van der Waals surface area contributed by atoms with Gasteiger partial charge in [-0.25, -0.2) is 4.68 Å². The van der Waals surface area contributed by atoms with Crippen molar-refractivity contribution >= 4 is 34.9 Å². The lowest BCUT2D eigenvalue weighted by molar-refractivity contribution is 0.244. The van der Waals surface area contributed by atoms with Crippen LogP contribution in [-0.2, 0) is 19.8 Å². The fourth-order valence-corrected chi connectivity index (χ4v) is 4.63. The van der Waals surface area contributed by atoms with Gasteiger partial charge in [0.05, 0.1) is 18.1 Å². The summed E-state index contributed by atoms with van der Waals surface area (Å²) in [5.74, 6) is 0.933. The van der Waals surface area contributed by atoms with E-state index in [9.17, 15) is 0 Å². The number of nitrogens with zero attached hydrogens (tertiary/aromatic N) is 4. The molecular weight excluding hydrogens is 392 g/mol. The van der Waals surface area contributed by atoms with Gasteiger partial charge in [0.2, 0.25) is 0 Å². The summed E-state index contributed by atoms with van der Waals surface area (Å²) >= 11 is 9.21. The summed E-state index contributed by atoms with van der Waals surface area (Å²) in [7, 11) is 2.10. The minimum absolute atomic E-state index is 0.662. The van der Waals surface area contributed by atoms with Crippen LogP contribution in [0.2, 0.25) is 0 Å². The molecule has 0 aliphatic heterocycles. The fraction of sp³-hybridized carbons (Fsp3) is 0.200. The van der Waals surface area contributed by atoms with Crippen molar-refractivity contribution in [1.82, 2.24) is 19.2 Å². The van der Waals surface area contributed by atoms with Gasteiger partial charge in [-0.05, 0) is 58.7 Å². The molecular formula is C20H20N4S3. The highest BCUT2D eigenvalue weighted by Gasteiger charge is 2.15. The van der Waals surface area contributed by atoms with Crippen LogP contribution in [0.4, 0.5) is 0 Å². The molecule has 0 saturated carbocycles. The number of hydrogen-bond acceptors (Lipinski definition) is 5. The van der Waals surface area contributed by atoms with Crippen molar-refractivity contribution in [2.75, 3.05) is 7.05 Å². The van der Waals surface area contributed by atoms with E-state index < -0.39 is 0 Å². The van der Waals surface area contributed by atoms with Crippen molar-refractivity contribution in [3.05, 3.63) is 80.6 Å². The molecule has 27 heavy (non-hydrogen) atoms. The first-order valence-corrected chi connectivity index (χ1v) is 10.9. The van der Waals surface area contributed by atoms with E-state index in [1.54, 1.807) is 22.7 Å². The van der Waals surface area contributed by atoms with Crippen LogP contribution in [0, 0.1) is 4.77 Å². The Kier molecular flexibility index (Phi) is 5.63. The number of benzene rings is 1. The van der Waals surface area contributed by atoms with Crippen LogP contribution in [-0.4, -0.2) is 26.3 Å². The Labute approximate surface area is 171 Å². The molecule has 0 aliphatic carbocycles. The Morgan fingerprint density at radius 2 is 1.89 bits per heavy atom. The van der Waals surface area contributed by atoms with Crippen molar-refractivity contribution in [2.45, 2.75) is 19.8 Å². The number of thiophene rings is 2. The molecule has 4 aromatic rings. The fourth-order valence-electron chi connectivity index (χ4n) is 3.00. The molecule has 0 saturated heterocycles. The van der Waals surface area contributed by atoms with Crippen LogP contribution in [0.25, 0.3) is 10.7 Å². The highest BCUT2D eigenvalue weighted by molar-refractivity contribution is 7.71. The van der Waals surface area contributed by atoms with E-state index >= 15 is 0 Å². The summed E-state index contributed by atoms with van der Waals surface area (Å²) in [6, 6.07) is 16.7. The molecule has 0 aliphatic rings. The van der Waals surface area contributed by atoms with Crippen molar-refractivity contribution in [3.63, 3.8) is 0 Å². The van der Waals surface area contributed by atoms with Gasteiger partial charge < -0.3 is 0 Å². The number of hydrogen-bond donors (Lipinski definition) is 0. The first-order chi connectivity index (χ1) is 13.2. The summed E-state index contributed by atoms with van der Waals surface area (Å²) in [5.41, 5.74) is 2.54. The van der Waals surface area contributed by atoms with E-state index in [2.05, 4.69) is 75.1 Å². The molecule has 138 valence electrons. The third kappa shape index (κ3) is 4.27. The summed E-state index contributed by atoms with van der Waals surface area (Å²) in [6.45, 7) is 2.27. The smallest absolute Gasteiger partial charge is 0.199 e. The minimum atomic E-state index is 0.662. The van der Waals surface area contributed by atoms with Crippen molar-refractivity contribution in [2.24, 2.45) is 0 Å². The van der Waals surface area contributed by atoms with Crippen LogP contribution in [0.5, 0.6) is 0 Å². The van der Waals surface area contributed by atoms with Crippen LogP contribution in [0.1, 0.15) is 11.1 Å². The molecule has 0 bridgehead atoms. The van der Waals surface area contributed by atoms with Gasteiger partial charge in [0.25, 0.3) is 0 Å². The molecule has 1 aromatic carbocycles. The molecule has 0 N–H and O–H groups in total. The number of aromatic nitrogens is 3. The van der Waals surface area contributed by atoms with Gasteiger partial charge in [-0.1, -0.05) is 36.4 Å². The zero-order valence-electron chi connectivity index (χ0n) is 15.0. The molecule has 0 atom stereocenters. The molecule has 3 aromatic heterocycles. The third-order valence-electron chi connectivity index (χ3n) is 4.26. The maximum atomic E-state index is 5.80. The summed E-state index contributed by atoms with van der Waals surface area (Å²) in [4.78, 5) is 3.37. The Hall–Kier alpha value is -2.06. The van der Waals surface area contributed by atoms with Gasteiger partial charge in [0.1, 0.15) is 0 Å². The van der Waals surface area contributed by atoms with Crippen LogP contribution in [0.3, 0.4) is 0 Å². The van der Waals surface area contributed by atoms with E-state index in [0.717, 1.165) is 28.6 Å². The van der Waals surface area contributed by atoms with Crippen molar-refractivity contribution in [3.8, 4) is 10.7 Å². The second kappa shape index (κ2) is 8.31. The van der Waals surface area contributed by atoms with Crippen molar-refractivity contribution in [1.29, 1.82) is 0 Å². The average Bonchev–Trinajstić information content (AvgIpc) is 3.41. The summed E-state index contributed by atoms with van der Waals surface area (Å²) < 4.78 is 4.81. The molecule has 0 radical (unpaired) electrons. The highest BCUT2D eigenvalue weighted by atomic mass is 32.1. The molecule has 4 nitrogen and oxygen atoms in total. The highest BCUT2D eigenvalue weighted by Crippen LogP contribution is 2.24. The van der Waals surface area contributed by atoms with E-state index in [4.69, 9.17) is 17.3 Å². The van der Waals surface area contributed by atoms with E-state index in [-0.39, 0.29) is 0 Å². The summed E-state index contributed by atoms with van der Waals surface area (Å²) in [5, 5.41) is 11.2. The van der Waals surface area contributed by atoms with Crippen molar-refractivity contribution < 1.29 is 0 Å². The molecule has 7 heteroatoms. The zero-order valence-corrected chi connectivity index (χ0v) is 17.4. The van der Waals surface area contributed by atoms with Crippen LogP contribution < -0.4 is 0 Å². The minimum Gasteiger partial charge on any atom is -0.295 e. The van der Waals surface area contributed by atoms with Gasteiger partial charge in [-0.2, -0.15) is 11.3 Å². The molecule has 0 amide bonds. The predicted molar refractivity (Wildman–Crippen MR) is 116 cm³/mol. The van der Waals surface area contributed by atoms with E-state index in [1.165, 1.54) is 11.1 Å². The number of rotatable bonds is 7. The molecule has 0 fully saturated rings. The maximum absolute atomic E-state index is 5.80. The Bertz CT molecular complexity index is 1030. The molecule has 0 spiro atoms. The van der Waals surface area contributed by atoms with Gasteiger partial charge >= 0.3 is 0 Å². The lowest BCUT2D eigenvalue weighted by Crippen LogP contribution is -2.22. The monoisotopic (exact) mass is 412 g/mol. The van der Waals surface area contributed by atoms with E-state index in [0.29, 0.717) is 6.67 Å². The van der Waals surface area contributed by atoms with E-state index in [1.807, 2.05) is 10.7 Å². The Morgan fingerprint density at radius 1 is 1.04 bits per heavy atom. The second-order valence-electron chi connectivity index (χ2n) is 6.44. The van der Waals surface area contributed by atoms with Crippen LogP contribution >= 0.6 is 34.9 Å². The van der Waals surface area contributed by atoms with Crippen LogP contribution in [0.15, 0.2) is 64.7 Å². The lowest BCUT2D eigenvalue weighted by atomic mass is 10.2. The Balaban J connectivity index is 1.64. The topological polar surface area (TPSA) is 26.0 Å². The van der Waals surface area contributed by atoms with Gasteiger partial charge in [0.15, 0.2) is 10.6 Å². The third-order valence-corrected chi connectivity index (χ3v) is 6.28. The Morgan fingerprint density at radius 3 is 2.59 bits per heavy atom. The predicted octanol–water partition coefficient (Wildman–Crippen LogP) is 5.34. The largest absolute Gasteiger partial charge is 0.295 e. The first kappa shape index (κ1) is 18.3. The average molecular weight is 413 g/mol. The zero-order chi connectivity index (χ0) is 18.6.